The summed E-state index contributed by atoms with van der Waals surface area (Å²) in [5.41, 5.74) is 1.13. The van der Waals surface area contributed by atoms with Crippen molar-refractivity contribution in [3.05, 3.63) is 34.2 Å². The molecule has 1 amide bonds. The first-order chi connectivity index (χ1) is 12.9. The molecule has 2 aromatic rings. The van der Waals surface area contributed by atoms with Gasteiger partial charge in [0.05, 0.1) is 6.54 Å². The molecule has 3 heterocycles. The summed E-state index contributed by atoms with van der Waals surface area (Å²) in [4.78, 5) is 29.5. The van der Waals surface area contributed by atoms with E-state index < -0.39 is 5.63 Å². The smallest absolute Gasteiger partial charge is 0.360 e. The number of hydrogen-bond donors (Lipinski definition) is 1. The number of nitrogens with zero attached hydrogens (tertiary/aromatic N) is 2. The molecule has 0 saturated carbocycles. The highest BCUT2D eigenvalue weighted by Gasteiger charge is 2.31. The van der Waals surface area contributed by atoms with Gasteiger partial charge >= 0.3 is 5.63 Å². The molecule has 144 valence electrons. The molecule has 1 N–H and O–H groups in total. The van der Waals surface area contributed by atoms with Crippen molar-refractivity contribution in [3.8, 4) is 5.75 Å². The van der Waals surface area contributed by atoms with Crippen molar-refractivity contribution >= 4 is 22.6 Å². The summed E-state index contributed by atoms with van der Waals surface area (Å²) in [5.74, 6) is 1.22. The van der Waals surface area contributed by atoms with Crippen molar-refractivity contribution in [2.24, 2.45) is 11.8 Å². The lowest BCUT2D eigenvalue weighted by Crippen LogP contribution is -2.48. The maximum atomic E-state index is 13.1. The summed E-state index contributed by atoms with van der Waals surface area (Å²) in [6, 6.07) is 4.71. The van der Waals surface area contributed by atoms with Crippen LogP contribution in [-0.4, -0.2) is 42.1 Å². The first-order valence-electron chi connectivity index (χ1n) is 9.74. The second-order valence-electron chi connectivity index (χ2n) is 8.19. The standard InChI is InChI=1S/C21H26N2O4/c1-13-8-14(2)11-22(10-13)12-19(25)23-7-3-4-16-17-9-15(24)5-6-18(17)27-21(26)20(16)23/h5-6,9,13-14,24H,3-4,7-8,10-12H2,1-2H3. The second-order valence-corrected chi connectivity index (χ2v) is 8.19. The highest BCUT2D eigenvalue weighted by Crippen LogP contribution is 2.32. The molecule has 6 nitrogen and oxygen atoms in total. The van der Waals surface area contributed by atoms with E-state index in [-0.39, 0.29) is 11.7 Å². The van der Waals surface area contributed by atoms with E-state index in [0.29, 0.717) is 48.0 Å². The van der Waals surface area contributed by atoms with E-state index in [9.17, 15) is 14.7 Å². The second kappa shape index (κ2) is 7.00. The predicted octanol–water partition coefficient (Wildman–Crippen LogP) is 2.76. The zero-order valence-corrected chi connectivity index (χ0v) is 15.9. The van der Waals surface area contributed by atoms with E-state index in [2.05, 4.69) is 18.7 Å². The number of likely N-dealkylation sites (tertiary alicyclic amines) is 1. The number of hydrogen-bond acceptors (Lipinski definition) is 5. The van der Waals surface area contributed by atoms with E-state index in [1.165, 1.54) is 12.5 Å². The van der Waals surface area contributed by atoms with Crippen LogP contribution in [0.25, 0.3) is 11.0 Å². The van der Waals surface area contributed by atoms with Gasteiger partial charge in [-0.15, -0.1) is 0 Å². The maximum Gasteiger partial charge on any atom is 0.360 e. The van der Waals surface area contributed by atoms with Crippen LogP contribution >= 0.6 is 0 Å². The molecule has 0 spiro atoms. The minimum absolute atomic E-state index is 0.0518. The Morgan fingerprint density at radius 2 is 2.00 bits per heavy atom. The summed E-state index contributed by atoms with van der Waals surface area (Å²) in [5, 5.41) is 10.5. The molecule has 1 saturated heterocycles. The molecule has 4 rings (SSSR count). The van der Waals surface area contributed by atoms with Gasteiger partial charge in [-0.25, -0.2) is 4.79 Å². The van der Waals surface area contributed by atoms with Crippen LogP contribution in [0, 0.1) is 11.8 Å². The molecule has 0 aliphatic carbocycles. The summed E-state index contributed by atoms with van der Waals surface area (Å²) in [7, 11) is 0. The molecule has 27 heavy (non-hydrogen) atoms. The zero-order chi connectivity index (χ0) is 19.1. The quantitative estimate of drug-likeness (QED) is 0.823. The van der Waals surface area contributed by atoms with Crippen LogP contribution in [-0.2, 0) is 11.2 Å². The molecule has 2 atom stereocenters. The number of rotatable bonds is 2. The maximum absolute atomic E-state index is 13.1. The van der Waals surface area contributed by atoms with Crippen molar-refractivity contribution in [2.45, 2.75) is 33.1 Å². The lowest BCUT2D eigenvalue weighted by Gasteiger charge is -2.36. The number of piperidine rings is 1. The molecule has 2 aliphatic heterocycles. The van der Waals surface area contributed by atoms with Gasteiger partial charge in [-0.05, 0) is 54.9 Å². The monoisotopic (exact) mass is 370 g/mol. The van der Waals surface area contributed by atoms with Crippen molar-refractivity contribution in [3.63, 3.8) is 0 Å². The fraction of sp³-hybridized carbons (Fsp3) is 0.524. The average Bonchev–Trinajstić information content (AvgIpc) is 2.61. The lowest BCUT2D eigenvalue weighted by atomic mass is 9.92. The normalized spacial score (nSPS) is 23.4. The van der Waals surface area contributed by atoms with Crippen LogP contribution in [0.1, 0.15) is 32.3 Å². The molecule has 0 radical (unpaired) electrons. The number of aromatic hydroxyl groups is 1. The van der Waals surface area contributed by atoms with Gasteiger partial charge in [0.2, 0.25) is 5.91 Å². The minimum atomic E-state index is -0.475. The Bertz CT molecular complexity index is 926. The first-order valence-corrected chi connectivity index (χ1v) is 9.74. The van der Waals surface area contributed by atoms with Crippen molar-refractivity contribution in [1.29, 1.82) is 0 Å². The van der Waals surface area contributed by atoms with Crippen molar-refractivity contribution < 1.29 is 14.3 Å². The Labute approximate surface area is 158 Å². The topological polar surface area (TPSA) is 74.0 Å². The number of anilines is 1. The Morgan fingerprint density at radius 3 is 2.74 bits per heavy atom. The molecule has 6 heteroatoms. The van der Waals surface area contributed by atoms with Crippen LogP contribution in [0.3, 0.4) is 0 Å². The number of phenols is 1. The molecule has 2 aliphatic rings. The number of fused-ring (bicyclic) bond motifs is 3. The van der Waals surface area contributed by atoms with Crippen LogP contribution < -0.4 is 10.5 Å². The largest absolute Gasteiger partial charge is 0.508 e. The molecule has 0 bridgehead atoms. The fourth-order valence-electron chi connectivity index (χ4n) is 4.74. The van der Waals surface area contributed by atoms with Gasteiger partial charge in [-0.2, -0.15) is 0 Å². The van der Waals surface area contributed by atoms with Crippen molar-refractivity contribution in [2.75, 3.05) is 31.1 Å². The first kappa shape index (κ1) is 18.0. The zero-order valence-electron chi connectivity index (χ0n) is 15.9. The number of carbonyl (C=O) groups is 1. The highest BCUT2D eigenvalue weighted by molar-refractivity contribution is 5.98. The summed E-state index contributed by atoms with van der Waals surface area (Å²) in [6.45, 7) is 7.12. The van der Waals surface area contributed by atoms with E-state index in [1.54, 1.807) is 17.0 Å². The molecular weight excluding hydrogens is 344 g/mol. The van der Waals surface area contributed by atoms with Crippen LogP contribution in [0.2, 0.25) is 0 Å². The van der Waals surface area contributed by atoms with Crippen LogP contribution in [0.4, 0.5) is 5.69 Å². The van der Waals surface area contributed by atoms with Gasteiger partial charge in [-0.3, -0.25) is 9.69 Å². The van der Waals surface area contributed by atoms with E-state index in [1.807, 2.05) is 0 Å². The van der Waals surface area contributed by atoms with Gasteiger partial charge in [0.1, 0.15) is 17.0 Å². The number of aryl methyl sites for hydroxylation is 1. The van der Waals surface area contributed by atoms with E-state index >= 15 is 0 Å². The summed E-state index contributed by atoms with van der Waals surface area (Å²) < 4.78 is 5.45. The van der Waals surface area contributed by atoms with Crippen LogP contribution in [0.5, 0.6) is 5.75 Å². The summed E-state index contributed by atoms with van der Waals surface area (Å²) in [6.07, 6.45) is 2.68. The van der Waals surface area contributed by atoms with Gasteiger partial charge in [0.15, 0.2) is 0 Å². The third-order valence-electron chi connectivity index (χ3n) is 5.65. The lowest BCUT2D eigenvalue weighted by molar-refractivity contribution is -0.120. The number of benzene rings is 1. The minimum Gasteiger partial charge on any atom is -0.508 e. The van der Waals surface area contributed by atoms with Gasteiger partial charge in [0.25, 0.3) is 0 Å². The average molecular weight is 370 g/mol. The summed E-state index contributed by atoms with van der Waals surface area (Å²) >= 11 is 0. The Balaban J connectivity index is 1.66. The fourth-order valence-corrected chi connectivity index (χ4v) is 4.74. The van der Waals surface area contributed by atoms with Crippen LogP contribution in [0.15, 0.2) is 27.4 Å². The Morgan fingerprint density at radius 1 is 1.26 bits per heavy atom. The number of carbonyl (C=O) groups excluding carboxylic acids is 1. The molecule has 1 aromatic carbocycles. The van der Waals surface area contributed by atoms with E-state index in [0.717, 1.165) is 25.1 Å². The SMILES string of the molecule is CC1CC(C)CN(CC(=O)N2CCCc3c2c(=O)oc2ccc(O)cc32)C1. The van der Waals surface area contributed by atoms with Gasteiger partial charge in [-0.1, -0.05) is 13.8 Å². The molecule has 1 aromatic heterocycles. The molecule has 2 unspecified atom stereocenters. The Hall–Kier alpha value is -2.34. The van der Waals surface area contributed by atoms with Gasteiger partial charge in [0, 0.05) is 25.0 Å². The third kappa shape index (κ3) is 3.46. The van der Waals surface area contributed by atoms with Gasteiger partial charge < -0.3 is 14.4 Å². The highest BCUT2D eigenvalue weighted by atomic mass is 16.4. The third-order valence-corrected chi connectivity index (χ3v) is 5.65. The number of phenolic OH excluding ortho intramolecular Hbond substituents is 1. The molecular formula is C21H26N2O4. The predicted molar refractivity (Wildman–Crippen MR) is 104 cm³/mol. The van der Waals surface area contributed by atoms with Crippen molar-refractivity contribution in [1.82, 2.24) is 4.90 Å². The number of amides is 1. The van der Waals surface area contributed by atoms with E-state index in [4.69, 9.17) is 4.42 Å². The Kier molecular flexibility index (Phi) is 4.68. The molecule has 1 fully saturated rings.